The molecule has 3 aliphatic rings. The lowest BCUT2D eigenvalue weighted by Crippen LogP contribution is -2.50. The van der Waals surface area contributed by atoms with Crippen LogP contribution in [0.15, 0.2) is 29.2 Å². The number of benzene rings is 1. The minimum absolute atomic E-state index is 0.169. The number of piperidine rings is 1. The Morgan fingerprint density at radius 2 is 1.75 bits per heavy atom. The molecule has 1 aromatic rings. The number of thioether (sulfide) groups is 1. The van der Waals surface area contributed by atoms with Crippen LogP contribution in [0.3, 0.4) is 0 Å². The maximum atomic E-state index is 12.6. The van der Waals surface area contributed by atoms with Crippen LogP contribution in [0.2, 0.25) is 0 Å². The summed E-state index contributed by atoms with van der Waals surface area (Å²) in [5, 5.41) is 10.7. The Labute approximate surface area is 146 Å². The number of nitriles is 1. The summed E-state index contributed by atoms with van der Waals surface area (Å²) in [7, 11) is 0. The lowest BCUT2D eigenvalue weighted by molar-refractivity contribution is -0.160. The Bertz CT molecular complexity index is 865. The Hall–Kier alpha value is -2.50. The first-order valence-corrected chi connectivity index (χ1v) is 8.39. The zero-order valence-electron chi connectivity index (χ0n) is 12.1. The number of carbonyl (C=O) groups is 3. The minimum atomic E-state index is -0.475. The maximum absolute atomic E-state index is 12.6. The number of imide groups is 1. The van der Waals surface area contributed by atoms with Crippen LogP contribution in [0.5, 0.6) is 0 Å². The predicted molar refractivity (Wildman–Crippen MR) is 89.6 cm³/mol. The molecule has 3 fully saturated rings. The van der Waals surface area contributed by atoms with E-state index in [2.05, 4.69) is 0 Å². The molecule has 24 heavy (non-hydrogen) atoms. The highest BCUT2D eigenvalue weighted by Gasteiger charge is 2.62. The van der Waals surface area contributed by atoms with Crippen molar-refractivity contribution in [1.82, 2.24) is 10.0 Å². The van der Waals surface area contributed by atoms with Crippen LogP contribution in [-0.4, -0.2) is 32.1 Å². The number of rotatable bonds is 2. The number of hydrogen-bond donors (Lipinski definition) is 0. The van der Waals surface area contributed by atoms with Crippen molar-refractivity contribution in [3.8, 4) is 6.07 Å². The molecule has 0 bridgehead atoms. The first kappa shape index (κ1) is 15.1. The van der Waals surface area contributed by atoms with Gasteiger partial charge in [0.2, 0.25) is 0 Å². The third-order valence-corrected chi connectivity index (χ3v) is 5.44. The number of amides is 3. The van der Waals surface area contributed by atoms with Gasteiger partial charge in [0.15, 0.2) is 4.32 Å². The quantitative estimate of drug-likeness (QED) is 0.456. The number of nitrogens with zero attached hydrogens (tertiary/aromatic N) is 3. The normalized spacial score (nSPS) is 27.0. The van der Waals surface area contributed by atoms with Crippen molar-refractivity contribution in [1.29, 1.82) is 5.26 Å². The second-order valence-corrected chi connectivity index (χ2v) is 7.34. The molecule has 4 rings (SSSR count). The Morgan fingerprint density at radius 1 is 1.12 bits per heavy atom. The lowest BCUT2D eigenvalue weighted by atomic mass is 10.1. The molecule has 0 aromatic heterocycles. The molecule has 2 unspecified atom stereocenters. The first-order valence-electron chi connectivity index (χ1n) is 7.17. The fraction of sp³-hybridized carbons (Fsp3) is 0.188. The molecular formula is C16H9N3O3S2. The van der Waals surface area contributed by atoms with Crippen LogP contribution in [0.1, 0.15) is 17.5 Å². The largest absolute Gasteiger partial charge is 0.285 e. The van der Waals surface area contributed by atoms with Gasteiger partial charge in [0, 0.05) is 0 Å². The standard InChI is InChI=1S/C16H9N3O3S2/c17-7-9-3-1-8(2-4-9)5-12-15(22)19(16(23)24-12)18-13(20)10-6-11(10)14(18)21/h1-5,10-11H,6H2. The molecule has 2 saturated heterocycles. The summed E-state index contributed by atoms with van der Waals surface area (Å²) in [6.45, 7) is 0. The summed E-state index contributed by atoms with van der Waals surface area (Å²) >= 11 is 6.24. The topological polar surface area (TPSA) is 81.5 Å². The van der Waals surface area contributed by atoms with E-state index in [0.29, 0.717) is 16.9 Å². The van der Waals surface area contributed by atoms with Gasteiger partial charge in [-0.1, -0.05) is 23.9 Å². The average molecular weight is 355 g/mol. The van der Waals surface area contributed by atoms with E-state index >= 15 is 0 Å². The Kier molecular flexibility index (Phi) is 3.30. The third kappa shape index (κ3) is 2.17. The molecule has 0 radical (unpaired) electrons. The molecule has 1 saturated carbocycles. The molecule has 6 nitrogen and oxygen atoms in total. The highest BCUT2D eigenvalue weighted by molar-refractivity contribution is 8.26. The van der Waals surface area contributed by atoms with Gasteiger partial charge in [0.25, 0.3) is 17.7 Å². The van der Waals surface area contributed by atoms with Gasteiger partial charge in [-0.15, -0.1) is 0 Å². The molecule has 1 aliphatic carbocycles. The fourth-order valence-electron chi connectivity index (χ4n) is 2.80. The molecular weight excluding hydrogens is 346 g/mol. The SMILES string of the molecule is N#Cc1ccc(C=C2SC(=S)N(N3C(=O)C4CC4C3=O)C2=O)cc1. The zero-order valence-corrected chi connectivity index (χ0v) is 13.8. The Morgan fingerprint density at radius 3 is 2.33 bits per heavy atom. The second kappa shape index (κ2) is 5.26. The van der Waals surface area contributed by atoms with Crippen molar-refractivity contribution in [3.63, 3.8) is 0 Å². The predicted octanol–water partition coefficient (Wildman–Crippen LogP) is 1.68. The summed E-state index contributed by atoms with van der Waals surface area (Å²) in [6.07, 6.45) is 2.20. The Balaban J connectivity index is 1.61. The molecule has 118 valence electrons. The van der Waals surface area contributed by atoms with Crippen molar-refractivity contribution in [2.75, 3.05) is 0 Å². The minimum Gasteiger partial charge on any atom is -0.272 e. The number of hydrogen-bond acceptors (Lipinski definition) is 6. The van der Waals surface area contributed by atoms with Gasteiger partial charge in [-0.05, 0) is 42.4 Å². The van der Waals surface area contributed by atoms with E-state index in [9.17, 15) is 14.4 Å². The van der Waals surface area contributed by atoms with Crippen molar-refractivity contribution < 1.29 is 14.4 Å². The summed E-state index contributed by atoms with van der Waals surface area (Å²) in [5.41, 5.74) is 1.25. The van der Waals surface area contributed by atoms with Crippen molar-refractivity contribution in [2.24, 2.45) is 11.8 Å². The summed E-state index contributed by atoms with van der Waals surface area (Å²) in [5.74, 6) is -1.74. The van der Waals surface area contributed by atoms with E-state index in [-0.39, 0.29) is 28.0 Å². The highest BCUT2D eigenvalue weighted by atomic mass is 32.2. The van der Waals surface area contributed by atoms with Crippen LogP contribution in [0.25, 0.3) is 6.08 Å². The summed E-state index contributed by atoms with van der Waals surface area (Å²) < 4.78 is 0.169. The average Bonchev–Trinajstić information content (AvgIpc) is 3.28. The zero-order chi connectivity index (χ0) is 17.0. The van der Waals surface area contributed by atoms with Gasteiger partial charge < -0.3 is 0 Å². The van der Waals surface area contributed by atoms with Gasteiger partial charge >= 0.3 is 0 Å². The molecule has 2 heterocycles. The van der Waals surface area contributed by atoms with E-state index in [0.717, 1.165) is 27.3 Å². The van der Waals surface area contributed by atoms with E-state index in [1.807, 2.05) is 6.07 Å². The number of carbonyl (C=O) groups excluding carboxylic acids is 3. The van der Waals surface area contributed by atoms with Crippen molar-refractivity contribution in [3.05, 3.63) is 40.3 Å². The molecule has 0 spiro atoms. The monoisotopic (exact) mass is 355 g/mol. The van der Waals surface area contributed by atoms with E-state index in [1.54, 1.807) is 30.3 Å². The molecule has 2 aliphatic heterocycles. The van der Waals surface area contributed by atoms with Crippen LogP contribution >= 0.6 is 24.0 Å². The van der Waals surface area contributed by atoms with Crippen LogP contribution in [-0.2, 0) is 14.4 Å². The maximum Gasteiger partial charge on any atom is 0.285 e. The van der Waals surface area contributed by atoms with Gasteiger partial charge in [0.05, 0.1) is 28.4 Å². The fourth-order valence-corrected chi connectivity index (χ4v) is 4.04. The third-order valence-electron chi connectivity index (χ3n) is 4.15. The van der Waals surface area contributed by atoms with Crippen molar-refractivity contribution >= 4 is 52.1 Å². The number of thiocarbonyl (C=S) groups is 1. The van der Waals surface area contributed by atoms with E-state index in [4.69, 9.17) is 17.5 Å². The molecule has 1 aromatic carbocycles. The first-order chi connectivity index (χ1) is 11.5. The number of hydrazine groups is 1. The van der Waals surface area contributed by atoms with Gasteiger partial charge in [0.1, 0.15) is 0 Å². The molecule has 8 heteroatoms. The molecule has 2 atom stereocenters. The van der Waals surface area contributed by atoms with Gasteiger partial charge in [-0.2, -0.15) is 15.3 Å². The molecule has 3 amide bonds. The summed E-state index contributed by atoms with van der Waals surface area (Å²) in [6, 6.07) is 8.74. The van der Waals surface area contributed by atoms with E-state index < -0.39 is 5.91 Å². The van der Waals surface area contributed by atoms with Crippen LogP contribution in [0.4, 0.5) is 0 Å². The van der Waals surface area contributed by atoms with Crippen molar-refractivity contribution in [2.45, 2.75) is 6.42 Å². The van der Waals surface area contributed by atoms with Gasteiger partial charge in [-0.3, -0.25) is 14.4 Å². The van der Waals surface area contributed by atoms with E-state index in [1.165, 1.54) is 0 Å². The lowest BCUT2D eigenvalue weighted by Gasteiger charge is -2.25. The summed E-state index contributed by atoms with van der Waals surface area (Å²) in [4.78, 5) is 37.3. The van der Waals surface area contributed by atoms with Crippen LogP contribution < -0.4 is 0 Å². The highest BCUT2D eigenvalue weighted by Crippen LogP contribution is 2.49. The van der Waals surface area contributed by atoms with Crippen LogP contribution in [0, 0.1) is 23.2 Å². The smallest absolute Gasteiger partial charge is 0.272 e. The number of fused-ring (bicyclic) bond motifs is 1. The molecule has 0 N–H and O–H groups in total. The second-order valence-electron chi connectivity index (χ2n) is 5.66. The van der Waals surface area contributed by atoms with Gasteiger partial charge in [-0.25, -0.2) is 0 Å².